The van der Waals surface area contributed by atoms with Crippen molar-refractivity contribution in [1.29, 1.82) is 0 Å². The van der Waals surface area contributed by atoms with Crippen LogP contribution in [0.25, 0.3) is 0 Å². The van der Waals surface area contributed by atoms with Crippen molar-refractivity contribution < 1.29 is 4.74 Å². The maximum atomic E-state index is 6.00. The third-order valence-electron chi connectivity index (χ3n) is 8.38. The number of morpholine rings is 1. The molecule has 2 aromatic heterocycles. The first kappa shape index (κ1) is 24.4. The number of aryl methyl sites for hydroxylation is 1. The van der Waals surface area contributed by atoms with E-state index in [1.54, 1.807) is 0 Å². The molecule has 194 valence electrons. The Morgan fingerprint density at radius 1 is 0.946 bits per heavy atom. The molecule has 4 heterocycles. The lowest BCUT2D eigenvalue weighted by Crippen LogP contribution is -2.36. The normalized spacial score (nSPS) is 22.9. The van der Waals surface area contributed by atoms with Crippen LogP contribution in [0.5, 0.6) is 0 Å². The zero-order valence-electron chi connectivity index (χ0n) is 21.9. The van der Waals surface area contributed by atoms with E-state index in [9.17, 15) is 0 Å². The maximum absolute atomic E-state index is 6.00. The Hall–Kier alpha value is -2.90. The summed E-state index contributed by atoms with van der Waals surface area (Å²) in [5, 5.41) is 4.39. The summed E-state index contributed by atoms with van der Waals surface area (Å²) in [4.78, 5) is 9.45. The molecule has 0 bridgehead atoms. The van der Waals surface area contributed by atoms with Crippen LogP contribution in [-0.4, -0.2) is 41.0 Å². The van der Waals surface area contributed by atoms with E-state index < -0.39 is 0 Å². The lowest BCUT2D eigenvalue weighted by Gasteiger charge is -2.31. The molecule has 7 heteroatoms. The van der Waals surface area contributed by atoms with E-state index in [1.807, 2.05) is 12.3 Å². The highest BCUT2D eigenvalue weighted by Gasteiger charge is 2.42. The summed E-state index contributed by atoms with van der Waals surface area (Å²) in [5.74, 6) is 0. The highest BCUT2D eigenvalue weighted by molar-refractivity contribution is 7.80. The fraction of sp³-hybridized carbons (Fsp3) is 0.467. The Labute approximate surface area is 225 Å². The van der Waals surface area contributed by atoms with Gasteiger partial charge in [-0.3, -0.25) is 4.98 Å². The number of thiocarbonyl (C=S) groups is 1. The Kier molecular flexibility index (Phi) is 6.91. The third kappa shape index (κ3) is 4.64. The summed E-state index contributed by atoms with van der Waals surface area (Å²) in [6.07, 6.45) is 8.43. The van der Waals surface area contributed by atoms with Crippen molar-refractivity contribution in [2.75, 3.05) is 36.1 Å². The van der Waals surface area contributed by atoms with Gasteiger partial charge < -0.3 is 24.4 Å². The van der Waals surface area contributed by atoms with Crippen molar-refractivity contribution in [2.45, 2.75) is 64.1 Å². The number of nitrogens with zero attached hydrogens (tertiary/aromatic N) is 4. The first-order valence-corrected chi connectivity index (χ1v) is 14.1. The average Bonchev–Trinajstić information content (AvgIpc) is 3.45. The van der Waals surface area contributed by atoms with E-state index in [0.717, 1.165) is 42.8 Å². The van der Waals surface area contributed by atoms with E-state index >= 15 is 0 Å². The summed E-state index contributed by atoms with van der Waals surface area (Å²) >= 11 is 6.00. The smallest absolute Gasteiger partial charge is 0.174 e. The molecular weight excluding hydrogens is 478 g/mol. The molecule has 3 fully saturated rings. The predicted molar refractivity (Wildman–Crippen MR) is 153 cm³/mol. The van der Waals surface area contributed by atoms with E-state index in [2.05, 4.69) is 76.0 Å². The molecule has 6 nitrogen and oxygen atoms in total. The molecule has 3 aromatic rings. The number of pyridine rings is 1. The van der Waals surface area contributed by atoms with Gasteiger partial charge in [-0.05, 0) is 86.9 Å². The highest BCUT2D eigenvalue weighted by atomic mass is 32.1. The maximum Gasteiger partial charge on any atom is 0.174 e. The molecule has 1 aromatic carbocycles. The largest absolute Gasteiger partial charge is 0.378 e. The molecule has 0 spiro atoms. The second-order valence-electron chi connectivity index (χ2n) is 10.6. The second kappa shape index (κ2) is 10.5. The van der Waals surface area contributed by atoms with Crippen LogP contribution in [0.1, 0.15) is 72.9 Å². The minimum atomic E-state index is -0.0204. The van der Waals surface area contributed by atoms with Crippen LogP contribution >= 0.6 is 12.2 Å². The zero-order chi connectivity index (χ0) is 25.4. The minimum absolute atomic E-state index is 0.0204. The van der Waals surface area contributed by atoms with Gasteiger partial charge >= 0.3 is 0 Å². The molecule has 0 amide bonds. The van der Waals surface area contributed by atoms with Crippen molar-refractivity contribution >= 4 is 28.7 Å². The van der Waals surface area contributed by atoms with Crippen LogP contribution in [0, 0.1) is 13.8 Å². The molecule has 6 rings (SSSR count). The predicted octanol–water partition coefficient (Wildman–Crippen LogP) is 6.02. The Morgan fingerprint density at radius 3 is 2.38 bits per heavy atom. The number of hydrogen-bond acceptors (Lipinski definition) is 4. The standard InChI is InChI=1S/C30H37N5OS/c1-21-20-26(22(2)34(21)24-8-4-3-5-9-24)29-28(27-10-6-7-15-31-27)32-30(37)35(29)25-13-11-23(12-14-25)33-16-18-36-19-17-33/h6-7,10-15,20,24,28-29H,3-5,8-9,16-19H2,1-2H3,(H,32,37)/t28-,29+/m1/s1. The van der Waals surface area contributed by atoms with Gasteiger partial charge in [0, 0.05) is 48.1 Å². The van der Waals surface area contributed by atoms with E-state index in [4.69, 9.17) is 21.9 Å². The molecule has 2 atom stereocenters. The van der Waals surface area contributed by atoms with Gasteiger partial charge in [-0.2, -0.15) is 0 Å². The topological polar surface area (TPSA) is 45.6 Å². The Morgan fingerprint density at radius 2 is 1.68 bits per heavy atom. The average molecular weight is 516 g/mol. The van der Waals surface area contributed by atoms with E-state index in [0.29, 0.717) is 6.04 Å². The molecule has 0 radical (unpaired) electrons. The molecule has 2 saturated heterocycles. The van der Waals surface area contributed by atoms with Gasteiger partial charge in [-0.15, -0.1) is 0 Å². The van der Waals surface area contributed by atoms with Crippen molar-refractivity contribution in [3.8, 4) is 0 Å². The van der Waals surface area contributed by atoms with Crippen LogP contribution < -0.4 is 15.1 Å². The number of rotatable bonds is 5. The summed E-state index contributed by atoms with van der Waals surface area (Å²) in [5.41, 5.74) is 7.41. The second-order valence-corrected chi connectivity index (χ2v) is 11.0. The first-order valence-electron chi connectivity index (χ1n) is 13.7. The SMILES string of the molecule is Cc1cc([C@H]2[C@@H](c3ccccn3)NC(=S)N2c2ccc(N3CCOCC3)cc2)c(C)n1C1CCCCC1. The number of aromatic nitrogens is 2. The summed E-state index contributed by atoms with van der Waals surface area (Å²) in [6, 6.07) is 18.0. The monoisotopic (exact) mass is 515 g/mol. The van der Waals surface area contributed by atoms with Gasteiger partial charge in [-0.25, -0.2) is 0 Å². The Balaban J connectivity index is 1.40. The highest BCUT2D eigenvalue weighted by Crippen LogP contribution is 2.44. The number of ether oxygens (including phenoxy) is 1. The van der Waals surface area contributed by atoms with Crippen molar-refractivity contribution in [2.24, 2.45) is 0 Å². The van der Waals surface area contributed by atoms with Crippen molar-refractivity contribution in [3.05, 3.63) is 77.4 Å². The molecule has 37 heavy (non-hydrogen) atoms. The van der Waals surface area contributed by atoms with Crippen LogP contribution in [0.15, 0.2) is 54.7 Å². The molecule has 0 unspecified atom stereocenters. The Bertz CT molecular complexity index is 1230. The van der Waals surface area contributed by atoms with Gasteiger partial charge in [0.05, 0.1) is 31.0 Å². The molecule has 1 saturated carbocycles. The van der Waals surface area contributed by atoms with Crippen LogP contribution in [0.4, 0.5) is 11.4 Å². The lowest BCUT2D eigenvalue weighted by atomic mass is 9.94. The summed E-state index contributed by atoms with van der Waals surface area (Å²) < 4.78 is 8.14. The lowest BCUT2D eigenvalue weighted by molar-refractivity contribution is 0.122. The zero-order valence-corrected chi connectivity index (χ0v) is 22.7. The summed E-state index contributed by atoms with van der Waals surface area (Å²) in [6.45, 7) is 8.00. The molecule has 2 aliphatic heterocycles. The van der Waals surface area contributed by atoms with Gasteiger partial charge in [0.2, 0.25) is 0 Å². The quantitative estimate of drug-likeness (QED) is 0.420. The van der Waals surface area contributed by atoms with E-state index in [1.165, 1.54) is 54.7 Å². The van der Waals surface area contributed by atoms with Gasteiger partial charge in [0.1, 0.15) is 0 Å². The number of hydrogen-bond donors (Lipinski definition) is 1. The van der Waals surface area contributed by atoms with Crippen LogP contribution in [-0.2, 0) is 4.74 Å². The first-order chi connectivity index (χ1) is 18.1. The van der Waals surface area contributed by atoms with Gasteiger partial charge in [0.15, 0.2) is 5.11 Å². The summed E-state index contributed by atoms with van der Waals surface area (Å²) in [7, 11) is 0. The number of nitrogens with one attached hydrogen (secondary N) is 1. The minimum Gasteiger partial charge on any atom is -0.378 e. The third-order valence-corrected chi connectivity index (χ3v) is 8.70. The van der Waals surface area contributed by atoms with Crippen LogP contribution in [0.3, 0.4) is 0 Å². The fourth-order valence-corrected chi connectivity index (χ4v) is 6.94. The van der Waals surface area contributed by atoms with Crippen LogP contribution in [0.2, 0.25) is 0 Å². The number of anilines is 2. The van der Waals surface area contributed by atoms with Gasteiger partial charge in [-0.1, -0.05) is 25.3 Å². The molecular formula is C30H37N5OS. The van der Waals surface area contributed by atoms with E-state index in [-0.39, 0.29) is 12.1 Å². The number of benzene rings is 1. The fourth-order valence-electron chi connectivity index (χ4n) is 6.60. The van der Waals surface area contributed by atoms with Gasteiger partial charge in [0.25, 0.3) is 0 Å². The van der Waals surface area contributed by atoms with Crippen molar-refractivity contribution in [3.63, 3.8) is 0 Å². The molecule has 3 aliphatic rings. The molecule has 1 aliphatic carbocycles. The van der Waals surface area contributed by atoms with Crippen molar-refractivity contribution in [1.82, 2.24) is 14.9 Å². The molecule has 1 N–H and O–H groups in total.